The first-order valence-corrected chi connectivity index (χ1v) is 10.9. The number of hydrogen-bond donors (Lipinski definition) is 1. The second-order valence-electron chi connectivity index (χ2n) is 10.1. The fourth-order valence-corrected chi connectivity index (χ4v) is 7.82. The fraction of sp³-hybridized carbons (Fsp3) is 0.792. The van der Waals surface area contributed by atoms with Crippen molar-refractivity contribution in [1.29, 1.82) is 0 Å². The molecule has 3 fully saturated rings. The van der Waals surface area contributed by atoms with E-state index in [4.69, 9.17) is 0 Å². The first kappa shape index (κ1) is 18.5. The molecule has 4 aliphatic carbocycles. The number of allylic oxidation sites excluding steroid dienone is 2. The molecule has 0 aromatic heterocycles. The molecule has 0 spiro atoms. The zero-order valence-corrected chi connectivity index (χ0v) is 17.1. The van der Waals surface area contributed by atoms with Crippen LogP contribution in [0.5, 0.6) is 0 Å². The molecule has 2 nitrogen and oxygen atoms in total. The predicted octanol–water partition coefficient (Wildman–Crippen LogP) is 5.46. The summed E-state index contributed by atoms with van der Waals surface area (Å²) in [4.78, 5) is 12.0. The molecule has 0 bridgehead atoms. The lowest BCUT2D eigenvalue weighted by Crippen LogP contribution is -2.53. The Balaban J connectivity index is 1.67. The van der Waals surface area contributed by atoms with Crippen LogP contribution in [0.25, 0.3) is 0 Å². The van der Waals surface area contributed by atoms with Crippen molar-refractivity contribution in [2.45, 2.75) is 85.2 Å². The molecule has 1 N–H and O–H groups in total. The maximum absolute atomic E-state index is 12.0. The van der Waals surface area contributed by atoms with Crippen molar-refractivity contribution in [1.82, 2.24) is 0 Å². The lowest BCUT2D eigenvalue weighted by molar-refractivity contribution is -0.119. The van der Waals surface area contributed by atoms with Crippen molar-refractivity contribution in [3.05, 3.63) is 23.3 Å². The molecule has 4 rings (SSSR count). The number of hydrogen-bond acceptors (Lipinski definition) is 2. The van der Waals surface area contributed by atoms with Gasteiger partial charge in [0.2, 0.25) is 0 Å². The van der Waals surface area contributed by atoms with Crippen LogP contribution in [0.4, 0.5) is 0 Å². The van der Waals surface area contributed by atoms with Gasteiger partial charge < -0.3 is 5.11 Å². The summed E-state index contributed by atoms with van der Waals surface area (Å²) in [6.45, 7) is 9.48. The lowest BCUT2D eigenvalue weighted by atomic mass is 9.46. The summed E-state index contributed by atoms with van der Waals surface area (Å²) in [5, 5.41) is 11.0. The Morgan fingerprint density at radius 1 is 1.23 bits per heavy atom. The van der Waals surface area contributed by atoms with Crippen LogP contribution < -0.4 is 0 Å². The molecular weight excluding hydrogens is 320 g/mol. The van der Waals surface area contributed by atoms with Gasteiger partial charge in [-0.1, -0.05) is 32.4 Å². The van der Waals surface area contributed by atoms with E-state index in [1.54, 1.807) is 5.57 Å². The van der Waals surface area contributed by atoms with E-state index < -0.39 is 6.10 Å². The van der Waals surface area contributed by atoms with Gasteiger partial charge in [0.25, 0.3) is 0 Å². The molecular formula is C24H36O2. The molecule has 4 unspecified atom stereocenters. The molecule has 26 heavy (non-hydrogen) atoms. The van der Waals surface area contributed by atoms with Crippen molar-refractivity contribution in [3.63, 3.8) is 0 Å². The number of aliphatic hydroxyl groups excluding tert-OH is 1. The molecule has 144 valence electrons. The molecule has 0 radical (unpaired) electrons. The zero-order valence-electron chi connectivity index (χ0n) is 17.1. The number of ketones is 1. The summed E-state index contributed by atoms with van der Waals surface area (Å²) in [5.41, 5.74) is 3.11. The normalized spacial score (nSPS) is 48.5. The summed E-state index contributed by atoms with van der Waals surface area (Å²) in [6.07, 6.45) is 12.7. The summed E-state index contributed by atoms with van der Waals surface area (Å²) >= 11 is 0. The second-order valence-corrected chi connectivity index (χ2v) is 10.1. The monoisotopic (exact) mass is 356 g/mol. The molecule has 0 saturated heterocycles. The standard InChI is InChI=1S/C24H36O2/c1-5-6-15(2)18-7-8-19-17-14-22(26)21-13-16(25)9-11-24(21,4)20(17)10-12-23(18,19)3/h6,13,17-20,22,26H,5,7-12,14H2,1-4H3/b15-6+/t17?,18?,19?,20?,22-,23-,24-/m1/s1. The highest BCUT2D eigenvalue weighted by atomic mass is 16.3. The molecule has 0 heterocycles. The Bertz CT molecular complexity index is 659. The highest BCUT2D eigenvalue weighted by Gasteiger charge is 2.60. The number of fused-ring (bicyclic) bond motifs is 5. The van der Waals surface area contributed by atoms with E-state index in [2.05, 4.69) is 33.8 Å². The minimum absolute atomic E-state index is 0.0456. The quantitative estimate of drug-likeness (QED) is 0.667. The van der Waals surface area contributed by atoms with E-state index in [-0.39, 0.29) is 11.2 Å². The molecule has 2 heteroatoms. The largest absolute Gasteiger partial charge is 0.389 e. The minimum atomic E-state index is -0.404. The topological polar surface area (TPSA) is 37.3 Å². The minimum Gasteiger partial charge on any atom is -0.389 e. The number of rotatable bonds is 2. The Morgan fingerprint density at radius 2 is 2.00 bits per heavy atom. The van der Waals surface area contributed by atoms with Crippen LogP contribution in [0.15, 0.2) is 23.3 Å². The number of carbonyl (C=O) groups excluding carboxylic acids is 1. The first-order chi connectivity index (χ1) is 12.3. The Labute approximate surface area is 159 Å². The molecule has 0 aliphatic heterocycles. The SMILES string of the molecule is CC/C=C(\C)C1CCC2C3C[C@@H](O)C4=CC(=O)CC[C@]4(C)C3CC[C@]12C. The van der Waals surface area contributed by atoms with Gasteiger partial charge >= 0.3 is 0 Å². The van der Waals surface area contributed by atoms with Crippen LogP contribution in [-0.4, -0.2) is 17.0 Å². The summed E-state index contributed by atoms with van der Waals surface area (Å²) in [7, 11) is 0. The number of carbonyl (C=O) groups is 1. The van der Waals surface area contributed by atoms with Crippen LogP contribution in [-0.2, 0) is 4.79 Å². The van der Waals surface area contributed by atoms with Crippen LogP contribution in [0, 0.1) is 34.5 Å². The Hall–Kier alpha value is -0.890. The van der Waals surface area contributed by atoms with Crippen molar-refractivity contribution in [2.24, 2.45) is 34.5 Å². The second kappa shape index (κ2) is 6.33. The lowest BCUT2D eigenvalue weighted by Gasteiger charge is -2.59. The van der Waals surface area contributed by atoms with Crippen LogP contribution >= 0.6 is 0 Å². The van der Waals surface area contributed by atoms with Crippen LogP contribution in [0.1, 0.15) is 79.1 Å². The third-order valence-electron chi connectivity index (χ3n) is 9.05. The van der Waals surface area contributed by atoms with Crippen molar-refractivity contribution < 1.29 is 9.90 Å². The molecule has 3 saturated carbocycles. The molecule has 0 amide bonds. The van der Waals surface area contributed by atoms with E-state index >= 15 is 0 Å². The highest BCUT2D eigenvalue weighted by Crippen LogP contribution is 2.67. The summed E-state index contributed by atoms with van der Waals surface area (Å²) in [6, 6.07) is 0. The van der Waals surface area contributed by atoms with Crippen LogP contribution in [0.2, 0.25) is 0 Å². The van der Waals surface area contributed by atoms with E-state index in [1.807, 2.05) is 6.08 Å². The van der Waals surface area contributed by atoms with Crippen LogP contribution in [0.3, 0.4) is 0 Å². The Morgan fingerprint density at radius 3 is 2.73 bits per heavy atom. The van der Waals surface area contributed by atoms with Gasteiger partial charge in [-0.2, -0.15) is 0 Å². The summed E-state index contributed by atoms with van der Waals surface area (Å²) in [5.74, 6) is 2.95. The third kappa shape index (κ3) is 2.51. The fourth-order valence-electron chi connectivity index (χ4n) is 7.82. The van der Waals surface area contributed by atoms with Crippen molar-refractivity contribution >= 4 is 5.78 Å². The average Bonchev–Trinajstić information content (AvgIpc) is 2.94. The number of aliphatic hydroxyl groups is 1. The molecule has 0 aromatic carbocycles. The van der Waals surface area contributed by atoms with Gasteiger partial charge in [-0.05, 0) is 98.0 Å². The van der Waals surface area contributed by atoms with E-state index in [0.717, 1.165) is 36.7 Å². The average molecular weight is 357 g/mol. The maximum Gasteiger partial charge on any atom is 0.155 e. The van der Waals surface area contributed by atoms with Gasteiger partial charge in [-0.15, -0.1) is 0 Å². The first-order valence-electron chi connectivity index (χ1n) is 10.9. The molecule has 7 atom stereocenters. The van der Waals surface area contributed by atoms with Crippen molar-refractivity contribution in [2.75, 3.05) is 0 Å². The predicted molar refractivity (Wildman–Crippen MR) is 106 cm³/mol. The van der Waals surface area contributed by atoms with Gasteiger partial charge in [0, 0.05) is 6.42 Å². The van der Waals surface area contributed by atoms with E-state index in [9.17, 15) is 9.90 Å². The van der Waals surface area contributed by atoms with Gasteiger partial charge in [0.05, 0.1) is 6.10 Å². The van der Waals surface area contributed by atoms with Gasteiger partial charge in [-0.25, -0.2) is 0 Å². The highest BCUT2D eigenvalue weighted by molar-refractivity contribution is 5.91. The van der Waals surface area contributed by atoms with Crippen molar-refractivity contribution in [3.8, 4) is 0 Å². The van der Waals surface area contributed by atoms with Gasteiger partial charge in [0.1, 0.15) is 0 Å². The third-order valence-corrected chi connectivity index (χ3v) is 9.05. The van der Waals surface area contributed by atoms with Gasteiger partial charge in [0.15, 0.2) is 5.78 Å². The molecule has 0 aromatic rings. The Kier molecular flexibility index (Phi) is 4.50. The summed E-state index contributed by atoms with van der Waals surface area (Å²) < 4.78 is 0. The van der Waals surface area contributed by atoms with E-state index in [1.165, 1.54) is 25.7 Å². The van der Waals surface area contributed by atoms with Gasteiger partial charge in [-0.3, -0.25) is 4.79 Å². The zero-order chi connectivity index (χ0) is 18.7. The smallest absolute Gasteiger partial charge is 0.155 e. The maximum atomic E-state index is 12.0. The van der Waals surface area contributed by atoms with E-state index in [0.29, 0.717) is 23.7 Å². The molecule has 4 aliphatic rings.